The molecule has 1 N–H and O–H groups in total. The SMILES string of the molecule is Fc1cc(F)c(CNc2ccc3c(c2)CCC3)cc1F. The molecule has 3 rings (SSSR count). The van der Waals surface area contributed by atoms with E-state index in [0.29, 0.717) is 6.07 Å². The van der Waals surface area contributed by atoms with Crippen LogP contribution in [0.15, 0.2) is 30.3 Å². The third kappa shape index (κ3) is 2.50. The Labute approximate surface area is 115 Å². The monoisotopic (exact) mass is 277 g/mol. The van der Waals surface area contributed by atoms with E-state index >= 15 is 0 Å². The van der Waals surface area contributed by atoms with Gasteiger partial charge in [-0.1, -0.05) is 6.07 Å². The standard InChI is InChI=1S/C16H14F3N/c17-14-8-16(19)15(18)7-12(14)9-20-13-5-4-10-2-1-3-11(10)6-13/h4-8,20H,1-3,9H2. The Morgan fingerprint density at radius 1 is 0.850 bits per heavy atom. The molecule has 0 radical (unpaired) electrons. The molecular formula is C16H14F3N. The summed E-state index contributed by atoms with van der Waals surface area (Å²) in [5, 5.41) is 3.05. The van der Waals surface area contributed by atoms with Gasteiger partial charge in [0.05, 0.1) is 0 Å². The molecule has 2 aromatic carbocycles. The normalized spacial score (nSPS) is 13.3. The van der Waals surface area contributed by atoms with E-state index in [0.717, 1.165) is 31.0 Å². The van der Waals surface area contributed by atoms with Gasteiger partial charge in [0, 0.05) is 23.9 Å². The lowest BCUT2D eigenvalue weighted by Crippen LogP contribution is -2.04. The molecule has 0 saturated heterocycles. The van der Waals surface area contributed by atoms with Gasteiger partial charge in [-0.15, -0.1) is 0 Å². The van der Waals surface area contributed by atoms with Crippen LogP contribution in [-0.2, 0) is 19.4 Å². The minimum absolute atomic E-state index is 0.115. The maximum absolute atomic E-state index is 13.5. The zero-order valence-electron chi connectivity index (χ0n) is 10.8. The van der Waals surface area contributed by atoms with Gasteiger partial charge in [-0.2, -0.15) is 0 Å². The zero-order valence-corrected chi connectivity index (χ0v) is 10.8. The van der Waals surface area contributed by atoms with E-state index < -0.39 is 17.5 Å². The van der Waals surface area contributed by atoms with Gasteiger partial charge in [0.15, 0.2) is 11.6 Å². The Morgan fingerprint density at radius 2 is 1.60 bits per heavy atom. The molecule has 104 valence electrons. The van der Waals surface area contributed by atoms with Crippen molar-refractivity contribution >= 4 is 5.69 Å². The van der Waals surface area contributed by atoms with Gasteiger partial charge in [0.25, 0.3) is 0 Å². The predicted octanol–water partition coefficient (Wildman–Crippen LogP) is 4.20. The van der Waals surface area contributed by atoms with Gasteiger partial charge >= 0.3 is 0 Å². The number of hydrogen-bond acceptors (Lipinski definition) is 1. The lowest BCUT2D eigenvalue weighted by atomic mass is 10.1. The smallest absolute Gasteiger partial charge is 0.161 e. The number of fused-ring (bicyclic) bond motifs is 1. The Hall–Kier alpha value is -1.97. The Morgan fingerprint density at radius 3 is 2.45 bits per heavy atom. The van der Waals surface area contributed by atoms with Crippen LogP contribution in [0.4, 0.5) is 18.9 Å². The van der Waals surface area contributed by atoms with Crippen LogP contribution >= 0.6 is 0 Å². The molecule has 20 heavy (non-hydrogen) atoms. The fourth-order valence-corrected chi connectivity index (χ4v) is 2.58. The summed E-state index contributed by atoms with van der Waals surface area (Å²) >= 11 is 0. The summed E-state index contributed by atoms with van der Waals surface area (Å²) in [4.78, 5) is 0. The van der Waals surface area contributed by atoms with Crippen molar-refractivity contribution in [1.29, 1.82) is 0 Å². The fraction of sp³-hybridized carbons (Fsp3) is 0.250. The predicted molar refractivity (Wildman–Crippen MR) is 72.1 cm³/mol. The first-order valence-electron chi connectivity index (χ1n) is 6.62. The molecule has 1 nitrogen and oxygen atoms in total. The van der Waals surface area contributed by atoms with E-state index in [9.17, 15) is 13.2 Å². The van der Waals surface area contributed by atoms with Gasteiger partial charge in [-0.25, -0.2) is 13.2 Å². The maximum Gasteiger partial charge on any atom is 0.161 e. The Bertz CT molecular complexity index is 652. The van der Waals surface area contributed by atoms with Crippen molar-refractivity contribution in [2.24, 2.45) is 0 Å². The summed E-state index contributed by atoms with van der Waals surface area (Å²) in [6.45, 7) is 0.127. The number of anilines is 1. The van der Waals surface area contributed by atoms with Crippen LogP contribution in [-0.4, -0.2) is 0 Å². The van der Waals surface area contributed by atoms with Crippen molar-refractivity contribution in [3.63, 3.8) is 0 Å². The molecule has 0 amide bonds. The number of nitrogens with one attached hydrogen (secondary N) is 1. The second-order valence-corrected chi connectivity index (χ2v) is 5.05. The fourth-order valence-electron chi connectivity index (χ4n) is 2.58. The summed E-state index contributed by atoms with van der Waals surface area (Å²) in [7, 11) is 0. The van der Waals surface area contributed by atoms with Gasteiger partial charge < -0.3 is 5.32 Å². The molecule has 0 spiro atoms. The maximum atomic E-state index is 13.5. The number of aryl methyl sites for hydroxylation is 2. The molecule has 0 aromatic heterocycles. The first kappa shape index (κ1) is 13.0. The highest BCUT2D eigenvalue weighted by Crippen LogP contribution is 2.25. The average molecular weight is 277 g/mol. The first-order chi connectivity index (χ1) is 9.63. The number of hydrogen-bond donors (Lipinski definition) is 1. The quantitative estimate of drug-likeness (QED) is 0.829. The number of halogens is 3. The minimum atomic E-state index is -1.16. The third-order valence-electron chi connectivity index (χ3n) is 3.67. The highest BCUT2D eigenvalue weighted by Gasteiger charge is 2.12. The molecule has 1 aliphatic rings. The van der Waals surface area contributed by atoms with Gasteiger partial charge in [-0.05, 0) is 48.6 Å². The zero-order chi connectivity index (χ0) is 14.1. The topological polar surface area (TPSA) is 12.0 Å². The van der Waals surface area contributed by atoms with Crippen molar-refractivity contribution in [1.82, 2.24) is 0 Å². The largest absolute Gasteiger partial charge is 0.381 e. The van der Waals surface area contributed by atoms with Crippen molar-refractivity contribution in [2.75, 3.05) is 5.32 Å². The summed E-state index contributed by atoms with van der Waals surface area (Å²) in [5.74, 6) is -2.93. The lowest BCUT2D eigenvalue weighted by molar-refractivity contribution is 0.490. The van der Waals surface area contributed by atoms with Crippen LogP contribution in [0.3, 0.4) is 0 Å². The number of rotatable bonds is 3. The van der Waals surface area contributed by atoms with Crippen LogP contribution in [0, 0.1) is 17.5 Å². The molecule has 2 aromatic rings. The van der Waals surface area contributed by atoms with Crippen LogP contribution < -0.4 is 5.32 Å². The van der Waals surface area contributed by atoms with Crippen molar-refractivity contribution in [2.45, 2.75) is 25.8 Å². The summed E-state index contributed by atoms with van der Waals surface area (Å²) in [5.41, 5.74) is 3.65. The van der Waals surface area contributed by atoms with Crippen LogP contribution in [0.25, 0.3) is 0 Å². The van der Waals surface area contributed by atoms with Crippen LogP contribution in [0.2, 0.25) is 0 Å². The highest BCUT2D eigenvalue weighted by atomic mass is 19.2. The van der Waals surface area contributed by atoms with E-state index in [4.69, 9.17) is 0 Å². The van der Waals surface area contributed by atoms with Crippen molar-refractivity contribution in [3.8, 4) is 0 Å². The first-order valence-corrected chi connectivity index (χ1v) is 6.62. The van der Waals surface area contributed by atoms with Crippen LogP contribution in [0.1, 0.15) is 23.1 Å². The van der Waals surface area contributed by atoms with Crippen molar-refractivity contribution < 1.29 is 13.2 Å². The molecule has 0 heterocycles. The molecule has 0 aliphatic heterocycles. The van der Waals surface area contributed by atoms with Gasteiger partial charge in [0.1, 0.15) is 5.82 Å². The van der Waals surface area contributed by atoms with Crippen LogP contribution in [0.5, 0.6) is 0 Å². The molecular weight excluding hydrogens is 263 g/mol. The van der Waals surface area contributed by atoms with Gasteiger partial charge in [-0.3, -0.25) is 0 Å². The highest BCUT2D eigenvalue weighted by molar-refractivity contribution is 5.50. The Balaban J connectivity index is 1.75. The second kappa shape index (κ2) is 5.19. The van der Waals surface area contributed by atoms with E-state index in [1.54, 1.807) is 0 Å². The number of benzene rings is 2. The molecule has 0 atom stereocenters. The van der Waals surface area contributed by atoms with E-state index in [1.807, 2.05) is 12.1 Å². The van der Waals surface area contributed by atoms with E-state index in [-0.39, 0.29) is 12.1 Å². The second-order valence-electron chi connectivity index (χ2n) is 5.05. The lowest BCUT2D eigenvalue weighted by Gasteiger charge is -2.10. The van der Waals surface area contributed by atoms with Gasteiger partial charge in [0.2, 0.25) is 0 Å². The molecule has 0 saturated carbocycles. The molecule has 1 aliphatic carbocycles. The third-order valence-corrected chi connectivity index (χ3v) is 3.67. The van der Waals surface area contributed by atoms with Crippen molar-refractivity contribution in [3.05, 3.63) is 64.5 Å². The summed E-state index contributed by atoms with van der Waals surface area (Å²) in [6.07, 6.45) is 3.33. The molecule has 0 unspecified atom stereocenters. The van der Waals surface area contributed by atoms with E-state index in [2.05, 4.69) is 11.4 Å². The average Bonchev–Trinajstić information content (AvgIpc) is 2.89. The summed E-state index contributed by atoms with van der Waals surface area (Å²) in [6, 6.07) is 7.51. The molecule has 0 bridgehead atoms. The Kier molecular flexibility index (Phi) is 3.38. The van der Waals surface area contributed by atoms with E-state index in [1.165, 1.54) is 11.1 Å². The minimum Gasteiger partial charge on any atom is -0.381 e. The molecule has 0 fully saturated rings. The summed E-state index contributed by atoms with van der Waals surface area (Å²) < 4.78 is 39.4. The molecule has 4 heteroatoms.